The van der Waals surface area contributed by atoms with Crippen molar-refractivity contribution in [3.8, 4) is 0 Å². The number of halogens is 2. The molecule has 1 saturated carbocycles. The number of aliphatic carboxylic acids is 1. The number of carboxylic acid groups (broad SMARTS) is 1. The molecule has 1 unspecified atom stereocenters. The van der Waals surface area contributed by atoms with E-state index < -0.39 is 17.8 Å². The van der Waals surface area contributed by atoms with Crippen molar-refractivity contribution in [1.29, 1.82) is 0 Å². The summed E-state index contributed by atoms with van der Waals surface area (Å²) in [5.74, 6) is -6.22. The lowest BCUT2D eigenvalue weighted by Crippen LogP contribution is -2.44. The summed E-state index contributed by atoms with van der Waals surface area (Å²) in [7, 11) is 0. The lowest BCUT2D eigenvalue weighted by molar-refractivity contribution is -0.320. The van der Waals surface area contributed by atoms with Gasteiger partial charge in [-0.05, 0) is 12.8 Å². The average Bonchev–Trinajstić information content (AvgIpc) is 1.85. The average molecular weight is 181 g/mol. The molecule has 0 aromatic carbocycles. The molecule has 4 N–H and O–H groups in total. The third-order valence-corrected chi connectivity index (χ3v) is 2.05. The molecule has 0 amide bonds. The maximum absolute atomic E-state index is 12.7. The number of carbonyl (C=O) groups is 1. The van der Waals surface area contributed by atoms with Crippen molar-refractivity contribution in [1.82, 2.24) is 6.15 Å². The molecule has 0 spiro atoms. The van der Waals surface area contributed by atoms with Crippen LogP contribution < -0.4 is 11.3 Å². The van der Waals surface area contributed by atoms with Crippen LogP contribution in [-0.2, 0) is 4.79 Å². The molecule has 0 aliphatic heterocycles. The van der Waals surface area contributed by atoms with Gasteiger partial charge in [0, 0.05) is 6.42 Å². The van der Waals surface area contributed by atoms with Gasteiger partial charge in [0.1, 0.15) is 0 Å². The second kappa shape index (κ2) is 3.80. The zero-order chi connectivity index (χ0) is 8.48. The van der Waals surface area contributed by atoms with E-state index >= 15 is 0 Å². The molecular weight excluding hydrogens is 168 g/mol. The number of alkyl halides is 2. The number of hydrogen-bond donors (Lipinski definition) is 1. The highest BCUT2D eigenvalue weighted by atomic mass is 19.3. The highest BCUT2D eigenvalue weighted by molar-refractivity contribution is 5.69. The molecule has 0 saturated heterocycles. The first-order valence-electron chi connectivity index (χ1n) is 3.63. The standard InChI is InChI=1S/C7H10F2O2.H3N/c8-7(9)4-2-1-3-5(7)6(10)11;/h5H,1-4H2,(H,10,11);1H3. The highest BCUT2D eigenvalue weighted by Crippen LogP contribution is 2.37. The van der Waals surface area contributed by atoms with Gasteiger partial charge in [-0.15, -0.1) is 0 Å². The Balaban J connectivity index is 0.00000121. The van der Waals surface area contributed by atoms with E-state index in [2.05, 4.69) is 0 Å². The number of rotatable bonds is 1. The summed E-state index contributed by atoms with van der Waals surface area (Å²) in [4.78, 5) is 10.2. The van der Waals surface area contributed by atoms with E-state index in [0.717, 1.165) is 0 Å². The molecule has 0 aromatic heterocycles. The van der Waals surface area contributed by atoms with E-state index in [4.69, 9.17) is 0 Å². The van der Waals surface area contributed by atoms with Gasteiger partial charge in [-0.2, -0.15) is 0 Å². The third-order valence-electron chi connectivity index (χ3n) is 2.05. The molecule has 72 valence electrons. The van der Waals surface area contributed by atoms with Gasteiger partial charge in [-0.25, -0.2) is 8.78 Å². The van der Waals surface area contributed by atoms with Gasteiger partial charge in [0.05, 0.1) is 11.9 Å². The predicted octanol–water partition coefficient (Wildman–Crippen LogP) is 0.938. The van der Waals surface area contributed by atoms with Crippen LogP contribution >= 0.6 is 0 Å². The Morgan fingerprint density at radius 1 is 1.42 bits per heavy atom. The summed E-state index contributed by atoms with van der Waals surface area (Å²) >= 11 is 0. The first-order chi connectivity index (χ1) is 5.04. The number of hydrogen-bond acceptors (Lipinski definition) is 2. The van der Waals surface area contributed by atoms with E-state index in [0.29, 0.717) is 12.8 Å². The molecule has 0 radical (unpaired) electrons. The van der Waals surface area contributed by atoms with Crippen LogP contribution in [0.4, 0.5) is 8.78 Å². The maximum atomic E-state index is 12.7. The zero-order valence-electron chi connectivity index (χ0n) is 6.98. The van der Waals surface area contributed by atoms with E-state index in [1.807, 2.05) is 0 Å². The number of carboxylic acids is 1. The van der Waals surface area contributed by atoms with Crippen molar-refractivity contribution < 1.29 is 18.7 Å². The Hall–Kier alpha value is -0.710. The van der Waals surface area contributed by atoms with Gasteiger partial charge in [-0.1, -0.05) is 6.42 Å². The Morgan fingerprint density at radius 2 is 2.00 bits per heavy atom. The molecule has 0 heterocycles. The van der Waals surface area contributed by atoms with Gasteiger partial charge in [0.15, 0.2) is 0 Å². The first kappa shape index (κ1) is 11.3. The minimum atomic E-state index is -3.04. The quantitative estimate of drug-likeness (QED) is 0.653. The SMILES string of the molecule is O=C([O-])C1CCCCC1(F)F.[NH4+]. The number of quaternary nitrogens is 1. The summed E-state index contributed by atoms with van der Waals surface area (Å²) < 4.78 is 25.4. The smallest absolute Gasteiger partial charge is 0.256 e. The Labute approximate surface area is 69.3 Å². The normalized spacial score (nSPS) is 27.3. The molecule has 1 aliphatic rings. The van der Waals surface area contributed by atoms with Crippen LogP contribution in [0.5, 0.6) is 0 Å². The molecule has 1 fully saturated rings. The molecule has 0 bridgehead atoms. The zero-order valence-corrected chi connectivity index (χ0v) is 6.98. The fourth-order valence-corrected chi connectivity index (χ4v) is 1.38. The second-order valence-electron chi connectivity index (χ2n) is 2.88. The van der Waals surface area contributed by atoms with Crippen LogP contribution in [0.3, 0.4) is 0 Å². The number of carbonyl (C=O) groups excluding carboxylic acids is 1. The molecule has 3 nitrogen and oxygen atoms in total. The topological polar surface area (TPSA) is 76.6 Å². The molecule has 1 atom stereocenters. The largest absolute Gasteiger partial charge is 0.550 e. The Morgan fingerprint density at radius 3 is 2.33 bits per heavy atom. The summed E-state index contributed by atoms with van der Waals surface area (Å²) in [6, 6.07) is 0. The first-order valence-corrected chi connectivity index (χ1v) is 3.63. The summed E-state index contributed by atoms with van der Waals surface area (Å²) in [6.45, 7) is 0. The van der Waals surface area contributed by atoms with E-state index in [9.17, 15) is 18.7 Å². The minimum Gasteiger partial charge on any atom is -0.550 e. The van der Waals surface area contributed by atoms with Crippen molar-refractivity contribution in [3.05, 3.63) is 0 Å². The van der Waals surface area contributed by atoms with Crippen molar-refractivity contribution in [2.75, 3.05) is 0 Å². The molecule has 12 heavy (non-hydrogen) atoms. The Kier molecular flexibility index (Phi) is 3.57. The molecule has 1 aliphatic carbocycles. The van der Waals surface area contributed by atoms with Crippen molar-refractivity contribution >= 4 is 5.97 Å². The highest BCUT2D eigenvalue weighted by Gasteiger charge is 2.41. The summed E-state index contributed by atoms with van der Waals surface area (Å²) in [6.07, 6.45) is 0.714. The van der Waals surface area contributed by atoms with E-state index in [-0.39, 0.29) is 19.0 Å². The van der Waals surface area contributed by atoms with E-state index in [1.165, 1.54) is 0 Å². The Bertz CT molecular complexity index is 173. The van der Waals surface area contributed by atoms with Gasteiger partial charge in [-0.3, -0.25) is 0 Å². The van der Waals surface area contributed by atoms with Gasteiger partial charge < -0.3 is 16.1 Å². The van der Waals surface area contributed by atoms with Crippen LogP contribution in [-0.4, -0.2) is 11.9 Å². The molecule has 5 heteroatoms. The van der Waals surface area contributed by atoms with Crippen LogP contribution in [0.15, 0.2) is 0 Å². The van der Waals surface area contributed by atoms with Crippen molar-refractivity contribution in [2.45, 2.75) is 31.6 Å². The molecule has 0 aromatic rings. The summed E-state index contributed by atoms with van der Waals surface area (Å²) in [5.41, 5.74) is 0. The minimum absolute atomic E-state index is 0. The molecular formula is C7H13F2NO2. The lowest BCUT2D eigenvalue weighted by atomic mass is 9.86. The van der Waals surface area contributed by atoms with Crippen molar-refractivity contribution in [2.24, 2.45) is 5.92 Å². The lowest BCUT2D eigenvalue weighted by Gasteiger charge is -2.31. The molecule has 1 rings (SSSR count). The van der Waals surface area contributed by atoms with Gasteiger partial charge in [0.25, 0.3) is 5.92 Å². The maximum Gasteiger partial charge on any atom is 0.256 e. The van der Waals surface area contributed by atoms with Crippen LogP contribution in [0.25, 0.3) is 0 Å². The second-order valence-corrected chi connectivity index (χ2v) is 2.88. The van der Waals surface area contributed by atoms with E-state index in [1.54, 1.807) is 0 Å². The van der Waals surface area contributed by atoms with Crippen molar-refractivity contribution in [3.63, 3.8) is 0 Å². The van der Waals surface area contributed by atoms with Gasteiger partial charge >= 0.3 is 0 Å². The fraction of sp³-hybridized carbons (Fsp3) is 0.857. The monoisotopic (exact) mass is 181 g/mol. The fourth-order valence-electron chi connectivity index (χ4n) is 1.38. The van der Waals surface area contributed by atoms with Gasteiger partial charge in [0.2, 0.25) is 0 Å². The summed E-state index contributed by atoms with van der Waals surface area (Å²) in [5, 5.41) is 10.2. The predicted molar refractivity (Wildman–Crippen MR) is 37.9 cm³/mol. The van der Waals surface area contributed by atoms with Crippen LogP contribution in [0.1, 0.15) is 25.7 Å². The third kappa shape index (κ3) is 2.14. The van der Waals surface area contributed by atoms with Crippen LogP contribution in [0, 0.1) is 5.92 Å². The van der Waals surface area contributed by atoms with Crippen LogP contribution in [0.2, 0.25) is 0 Å².